The average Bonchev–Trinajstić information content (AvgIpc) is 3.03. The Bertz CT molecular complexity index is 476. The quantitative estimate of drug-likeness (QED) is 0.878. The van der Waals surface area contributed by atoms with Crippen LogP contribution in [0, 0.1) is 6.92 Å². The van der Waals surface area contributed by atoms with E-state index in [2.05, 4.69) is 23.8 Å². The maximum atomic E-state index is 11.0. The molecule has 1 aromatic heterocycles. The van der Waals surface area contributed by atoms with Gasteiger partial charge in [0, 0.05) is 24.6 Å². The molecule has 4 nitrogen and oxygen atoms in total. The van der Waals surface area contributed by atoms with Gasteiger partial charge in [-0.1, -0.05) is 38.3 Å². The Morgan fingerprint density at radius 3 is 2.33 bits per heavy atom. The standard InChI is InChI=1S/C16H28ClN3O/c1-5-20(6-2)16(9-7-8-10-16)14(21)11-13-12(3)18-19(4)15(13)17/h14,21H,5-11H2,1-4H3. The van der Waals surface area contributed by atoms with Crippen molar-refractivity contribution >= 4 is 11.6 Å². The molecule has 1 unspecified atom stereocenters. The largest absolute Gasteiger partial charge is 0.391 e. The van der Waals surface area contributed by atoms with E-state index >= 15 is 0 Å². The highest BCUT2D eigenvalue weighted by Crippen LogP contribution is 2.39. The zero-order valence-corrected chi connectivity index (χ0v) is 14.4. The highest BCUT2D eigenvalue weighted by Gasteiger charge is 2.44. The molecule has 21 heavy (non-hydrogen) atoms. The lowest BCUT2D eigenvalue weighted by Gasteiger charge is -2.44. The third-order valence-corrected chi connectivity index (χ3v) is 5.62. The van der Waals surface area contributed by atoms with Crippen LogP contribution in [-0.4, -0.2) is 44.5 Å². The first-order valence-electron chi connectivity index (χ1n) is 8.07. The van der Waals surface area contributed by atoms with Gasteiger partial charge in [-0.15, -0.1) is 0 Å². The van der Waals surface area contributed by atoms with Crippen LogP contribution in [-0.2, 0) is 13.5 Å². The molecule has 1 atom stereocenters. The summed E-state index contributed by atoms with van der Waals surface area (Å²) >= 11 is 6.33. The first kappa shape index (κ1) is 16.8. The van der Waals surface area contributed by atoms with Gasteiger partial charge in [-0.2, -0.15) is 5.10 Å². The van der Waals surface area contributed by atoms with Crippen LogP contribution >= 0.6 is 11.6 Å². The van der Waals surface area contributed by atoms with Gasteiger partial charge in [0.1, 0.15) is 5.15 Å². The monoisotopic (exact) mass is 313 g/mol. The van der Waals surface area contributed by atoms with Crippen LogP contribution < -0.4 is 0 Å². The van der Waals surface area contributed by atoms with Crippen LogP contribution in [0.2, 0.25) is 5.15 Å². The minimum absolute atomic E-state index is 0.0882. The number of aromatic nitrogens is 2. The Kier molecular flexibility index (Phi) is 5.33. The first-order valence-corrected chi connectivity index (χ1v) is 8.45. The van der Waals surface area contributed by atoms with E-state index in [0.29, 0.717) is 11.6 Å². The highest BCUT2D eigenvalue weighted by atomic mass is 35.5. The maximum Gasteiger partial charge on any atom is 0.130 e. The van der Waals surface area contributed by atoms with E-state index in [1.165, 1.54) is 12.8 Å². The van der Waals surface area contributed by atoms with E-state index < -0.39 is 0 Å². The normalized spacial score (nSPS) is 19.4. The molecule has 0 aromatic carbocycles. The molecular weight excluding hydrogens is 286 g/mol. The van der Waals surface area contributed by atoms with Crippen molar-refractivity contribution in [3.05, 3.63) is 16.4 Å². The fourth-order valence-electron chi connectivity index (χ4n) is 3.99. The minimum atomic E-state index is -0.389. The molecule has 1 aliphatic rings. The Balaban J connectivity index is 2.25. The van der Waals surface area contributed by atoms with Crippen LogP contribution in [0.15, 0.2) is 0 Å². The summed E-state index contributed by atoms with van der Waals surface area (Å²) in [4.78, 5) is 2.43. The highest BCUT2D eigenvalue weighted by molar-refractivity contribution is 6.30. The molecule has 1 saturated carbocycles. The van der Waals surface area contributed by atoms with Crippen LogP contribution in [0.3, 0.4) is 0 Å². The summed E-state index contributed by atoms with van der Waals surface area (Å²) in [5, 5.41) is 16.0. The molecule has 1 heterocycles. The molecule has 5 heteroatoms. The second-order valence-electron chi connectivity index (χ2n) is 6.18. The molecule has 0 amide bonds. The second kappa shape index (κ2) is 6.67. The first-order chi connectivity index (χ1) is 9.96. The van der Waals surface area contributed by atoms with E-state index in [1.807, 2.05) is 14.0 Å². The summed E-state index contributed by atoms with van der Waals surface area (Å²) in [7, 11) is 1.85. The number of hydrogen-bond donors (Lipinski definition) is 1. The van der Waals surface area contributed by atoms with E-state index in [-0.39, 0.29) is 11.6 Å². The van der Waals surface area contributed by atoms with Gasteiger partial charge in [0.2, 0.25) is 0 Å². The van der Waals surface area contributed by atoms with Gasteiger partial charge in [-0.3, -0.25) is 9.58 Å². The predicted octanol–water partition coefficient (Wildman–Crippen LogP) is 2.94. The SMILES string of the molecule is CCN(CC)C1(C(O)Cc2c(C)nn(C)c2Cl)CCCC1. The number of aliphatic hydroxyl groups excluding tert-OH is 1. The van der Waals surface area contributed by atoms with Crippen molar-refractivity contribution in [2.45, 2.75) is 64.5 Å². The van der Waals surface area contributed by atoms with Crippen molar-refractivity contribution in [2.24, 2.45) is 7.05 Å². The Morgan fingerprint density at radius 2 is 1.90 bits per heavy atom. The Labute approximate surface area is 133 Å². The Hall–Kier alpha value is -0.580. The van der Waals surface area contributed by atoms with Crippen molar-refractivity contribution in [2.75, 3.05) is 13.1 Å². The van der Waals surface area contributed by atoms with E-state index in [9.17, 15) is 5.11 Å². The molecule has 120 valence electrons. The fraction of sp³-hybridized carbons (Fsp3) is 0.812. The summed E-state index contributed by atoms with van der Waals surface area (Å²) in [6.07, 6.45) is 4.76. The molecule has 0 saturated heterocycles. The van der Waals surface area contributed by atoms with Crippen LogP contribution in [0.4, 0.5) is 0 Å². The maximum absolute atomic E-state index is 11.0. The molecule has 1 N–H and O–H groups in total. The number of aliphatic hydroxyl groups is 1. The third kappa shape index (κ3) is 2.99. The number of rotatable bonds is 6. The number of nitrogens with zero attached hydrogens (tertiary/aromatic N) is 3. The van der Waals surface area contributed by atoms with Gasteiger partial charge in [0.25, 0.3) is 0 Å². The van der Waals surface area contributed by atoms with Crippen LogP contribution in [0.5, 0.6) is 0 Å². The van der Waals surface area contributed by atoms with Crippen LogP contribution in [0.25, 0.3) is 0 Å². The molecule has 2 rings (SSSR count). The molecule has 1 aromatic rings. The smallest absolute Gasteiger partial charge is 0.130 e. The van der Waals surface area contributed by atoms with Gasteiger partial charge >= 0.3 is 0 Å². The zero-order valence-electron chi connectivity index (χ0n) is 13.7. The van der Waals surface area contributed by atoms with E-state index in [4.69, 9.17) is 11.6 Å². The molecular formula is C16H28ClN3O. The van der Waals surface area contributed by atoms with Gasteiger partial charge < -0.3 is 5.11 Å². The summed E-state index contributed by atoms with van der Waals surface area (Å²) in [6.45, 7) is 8.28. The van der Waals surface area contributed by atoms with Gasteiger partial charge in [-0.25, -0.2) is 0 Å². The predicted molar refractivity (Wildman–Crippen MR) is 86.8 cm³/mol. The van der Waals surface area contributed by atoms with Gasteiger partial charge in [-0.05, 0) is 32.9 Å². The van der Waals surface area contributed by atoms with E-state index in [1.54, 1.807) is 4.68 Å². The number of aryl methyl sites for hydroxylation is 2. The topological polar surface area (TPSA) is 41.3 Å². The zero-order chi connectivity index (χ0) is 15.6. The lowest BCUT2D eigenvalue weighted by molar-refractivity contribution is -0.0245. The lowest BCUT2D eigenvalue weighted by Crippen LogP contribution is -2.55. The van der Waals surface area contributed by atoms with Crippen molar-refractivity contribution in [3.8, 4) is 0 Å². The number of hydrogen-bond acceptors (Lipinski definition) is 3. The lowest BCUT2D eigenvalue weighted by atomic mass is 9.84. The summed E-state index contributed by atoms with van der Waals surface area (Å²) in [6, 6.07) is 0. The third-order valence-electron chi connectivity index (χ3n) is 5.15. The van der Waals surface area contributed by atoms with Crippen molar-refractivity contribution in [1.29, 1.82) is 0 Å². The molecule has 1 fully saturated rings. The van der Waals surface area contributed by atoms with Crippen molar-refractivity contribution in [1.82, 2.24) is 14.7 Å². The minimum Gasteiger partial charge on any atom is -0.391 e. The second-order valence-corrected chi connectivity index (χ2v) is 6.54. The Morgan fingerprint density at radius 1 is 1.33 bits per heavy atom. The van der Waals surface area contributed by atoms with Crippen molar-refractivity contribution < 1.29 is 5.11 Å². The van der Waals surface area contributed by atoms with E-state index in [0.717, 1.165) is 37.2 Å². The van der Waals surface area contributed by atoms with Gasteiger partial charge in [0.05, 0.1) is 11.8 Å². The number of likely N-dealkylation sites (N-methyl/N-ethyl adjacent to an activating group) is 1. The molecule has 0 spiro atoms. The van der Waals surface area contributed by atoms with Crippen molar-refractivity contribution in [3.63, 3.8) is 0 Å². The molecule has 0 bridgehead atoms. The van der Waals surface area contributed by atoms with Crippen LogP contribution in [0.1, 0.15) is 50.8 Å². The number of halogens is 1. The molecule has 1 aliphatic carbocycles. The fourth-order valence-corrected chi connectivity index (χ4v) is 4.24. The molecule has 0 radical (unpaired) electrons. The molecule has 0 aliphatic heterocycles. The summed E-state index contributed by atoms with van der Waals surface area (Å²) in [5.41, 5.74) is 1.83. The summed E-state index contributed by atoms with van der Waals surface area (Å²) < 4.78 is 1.69. The average molecular weight is 314 g/mol. The van der Waals surface area contributed by atoms with Gasteiger partial charge in [0.15, 0.2) is 0 Å². The summed E-state index contributed by atoms with van der Waals surface area (Å²) in [5.74, 6) is 0.